The van der Waals surface area contributed by atoms with E-state index in [0.29, 0.717) is 6.04 Å². The summed E-state index contributed by atoms with van der Waals surface area (Å²) < 4.78 is 0.949. The number of piperidine rings is 3. The van der Waals surface area contributed by atoms with Gasteiger partial charge in [0.25, 0.3) is 0 Å². The van der Waals surface area contributed by atoms with Crippen LogP contribution < -0.4 is 10.6 Å². The third-order valence-electron chi connectivity index (χ3n) is 4.31. The summed E-state index contributed by atoms with van der Waals surface area (Å²) in [6.07, 6.45) is 5.33. The van der Waals surface area contributed by atoms with Gasteiger partial charge in [0.15, 0.2) is 0 Å². The van der Waals surface area contributed by atoms with Crippen molar-refractivity contribution >= 4 is 27.6 Å². The highest BCUT2D eigenvalue weighted by Gasteiger charge is 2.34. The van der Waals surface area contributed by atoms with Crippen molar-refractivity contribution in [2.24, 2.45) is 5.92 Å². The average Bonchev–Trinajstić information content (AvgIpc) is 2.49. The summed E-state index contributed by atoms with van der Waals surface area (Å²) in [4.78, 5) is 11.2. The first kappa shape index (κ1) is 14.1. The second-order valence-electron chi connectivity index (χ2n) is 5.70. The topological polar surface area (TPSA) is 53.1 Å². The van der Waals surface area contributed by atoms with Crippen LogP contribution in [0.2, 0.25) is 0 Å². The Morgan fingerprint density at radius 3 is 2.70 bits per heavy atom. The summed E-state index contributed by atoms with van der Waals surface area (Å²) in [7, 11) is 0. The van der Waals surface area contributed by atoms with Gasteiger partial charge in [-0.2, -0.15) is 0 Å². The molecule has 0 radical (unpaired) electrons. The molecule has 2 bridgehead atoms. The first-order valence-electron chi connectivity index (χ1n) is 7.51. The summed E-state index contributed by atoms with van der Waals surface area (Å²) in [6, 6.07) is 0.516. The zero-order valence-corrected chi connectivity index (χ0v) is 13.5. The molecule has 0 spiro atoms. The fourth-order valence-corrected chi connectivity index (χ4v) is 3.60. The molecule has 110 valence electrons. The van der Waals surface area contributed by atoms with Crippen molar-refractivity contribution < 1.29 is 0 Å². The number of nitrogens with zero attached hydrogens (tertiary/aromatic N) is 3. The molecule has 4 heterocycles. The van der Waals surface area contributed by atoms with Crippen LogP contribution in [0, 0.1) is 5.92 Å². The zero-order chi connectivity index (χ0) is 13.9. The fourth-order valence-electron chi connectivity index (χ4n) is 3.14. The van der Waals surface area contributed by atoms with Crippen LogP contribution in [0.25, 0.3) is 0 Å². The molecule has 3 aliphatic rings. The Kier molecular flexibility index (Phi) is 4.41. The molecule has 2 N–H and O–H groups in total. The molecule has 1 aromatic heterocycles. The molecule has 1 atom stereocenters. The minimum absolute atomic E-state index is 0.516. The second kappa shape index (κ2) is 6.26. The van der Waals surface area contributed by atoms with Crippen molar-refractivity contribution in [2.45, 2.75) is 32.2 Å². The van der Waals surface area contributed by atoms with Crippen molar-refractivity contribution in [2.75, 3.05) is 36.8 Å². The van der Waals surface area contributed by atoms with Gasteiger partial charge in [-0.1, -0.05) is 6.92 Å². The quantitative estimate of drug-likeness (QED) is 0.863. The van der Waals surface area contributed by atoms with Crippen LogP contribution >= 0.6 is 15.9 Å². The van der Waals surface area contributed by atoms with Crippen molar-refractivity contribution in [3.63, 3.8) is 0 Å². The van der Waals surface area contributed by atoms with Crippen LogP contribution in [0.3, 0.4) is 0 Å². The summed E-state index contributed by atoms with van der Waals surface area (Å²) in [5.74, 6) is 2.58. The lowest BCUT2D eigenvalue weighted by atomic mass is 9.84. The standard InChI is InChI=1S/C14H22BrN5/c1-2-5-16-13-12(15)14(18-9-17-13)19-11-8-20-6-3-10(11)4-7-20/h9-11H,2-8H2,1H3,(H2,16,17,18,19). The van der Waals surface area contributed by atoms with E-state index in [1.807, 2.05) is 0 Å². The van der Waals surface area contributed by atoms with Crippen LogP contribution in [0.15, 0.2) is 10.8 Å². The highest BCUT2D eigenvalue weighted by molar-refractivity contribution is 9.10. The second-order valence-corrected chi connectivity index (χ2v) is 6.49. The molecule has 0 aromatic carbocycles. The maximum atomic E-state index is 4.40. The lowest BCUT2D eigenvalue weighted by molar-refractivity contribution is 0.0973. The molecular weight excluding hydrogens is 318 g/mol. The largest absolute Gasteiger partial charge is 0.369 e. The maximum absolute atomic E-state index is 4.40. The van der Waals surface area contributed by atoms with Gasteiger partial charge < -0.3 is 15.5 Å². The molecule has 0 aliphatic carbocycles. The molecule has 1 unspecified atom stereocenters. The van der Waals surface area contributed by atoms with Crippen LogP contribution in [-0.4, -0.2) is 47.1 Å². The number of hydrogen-bond acceptors (Lipinski definition) is 5. The highest BCUT2D eigenvalue weighted by Crippen LogP contribution is 2.32. The van der Waals surface area contributed by atoms with E-state index in [2.05, 4.69) is 48.4 Å². The van der Waals surface area contributed by atoms with Crippen LogP contribution in [0.4, 0.5) is 11.6 Å². The van der Waals surface area contributed by atoms with Gasteiger partial charge in [-0.05, 0) is 54.2 Å². The molecule has 0 saturated carbocycles. The molecule has 3 saturated heterocycles. The smallest absolute Gasteiger partial charge is 0.146 e. The molecule has 20 heavy (non-hydrogen) atoms. The Bertz CT molecular complexity index is 459. The third-order valence-corrected chi connectivity index (χ3v) is 5.06. The molecule has 5 nitrogen and oxygen atoms in total. The molecule has 4 rings (SSSR count). The van der Waals surface area contributed by atoms with Crippen molar-refractivity contribution in [3.05, 3.63) is 10.8 Å². The third kappa shape index (κ3) is 2.91. The van der Waals surface area contributed by atoms with Gasteiger partial charge in [0.1, 0.15) is 22.4 Å². The SMILES string of the molecule is CCCNc1ncnc(NC2CN3CCC2CC3)c1Br. The summed E-state index contributed by atoms with van der Waals surface area (Å²) in [5, 5.41) is 6.94. The van der Waals surface area contributed by atoms with E-state index in [4.69, 9.17) is 0 Å². The number of fused-ring (bicyclic) bond motifs is 3. The highest BCUT2D eigenvalue weighted by atomic mass is 79.9. The molecule has 3 fully saturated rings. The average molecular weight is 340 g/mol. The van der Waals surface area contributed by atoms with Crippen LogP contribution in [-0.2, 0) is 0 Å². The lowest BCUT2D eigenvalue weighted by Crippen LogP contribution is -2.53. The molecule has 6 heteroatoms. The Hall–Kier alpha value is -0.880. The van der Waals surface area contributed by atoms with E-state index in [1.54, 1.807) is 6.33 Å². The number of nitrogens with one attached hydrogen (secondary N) is 2. The number of aromatic nitrogens is 2. The van der Waals surface area contributed by atoms with E-state index in [0.717, 1.165) is 41.5 Å². The van der Waals surface area contributed by atoms with Gasteiger partial charge in [0.05, 0.1) is 0 Å². The number of anilines is 2. The molecular formula is C14H22BrN5. The maximum Gasteiger partial charge on any atom is 0.146 e. The van der Waals surface area contributed by atoms with Gasteiger partial charge in [0.2, 0.25) is 0 Å². The molecule has 3 aliphatic heterocycles. The Morgan fingerprint density at radius 2 is 2.05 bits per heavy atom. The lowest BCUT2D eigenvalue weighted by Gasteiger charge is -2.45. The van der Waals surface area contributed by atoms with Crippen LogP contribution in [0.1, 0.15) is 26.2 Å². The van der Waals surface area contributed by atoms with Gasteiger partial charge in [0, 0.05) is 19.1 Å². The Labute approximate surface area is 128 Å². The van der Waals surface area contributed by atoms with Gasteiger partial charge >= 0.3 is 0 Å². The van der Waals surface area contributed by atoms with Crippen LogP contribution in [0.5, 0.6) is 0 Å². The summed E-state index contributed by atoms with van der Waals surface area (Å²) in [5.41, 5.74) is 0. The van der Waals surface area contributed by atoms with E-state index < -0.39 is 0 Å². The number of rotatable bonds is 5. The van der Waals surface area contributed by atoms with Crippen molar-refractivity contribution in [3.8, 4) is 0 Å². The van der Waals surface area contributed by atoms with E-state index in [-0.39, 0.29) is 0 Å². The predicted octanol–water partition coefficient (Wildman–Crippen LogP) is 2.57. The first-order valence-corrected chi connectivity index (χ1v) is 8.30. The first-order chi connectivity index (χ1) is 9.78. The normalized spacial score (nSPS) is 28.4. The fraction of sp³-hybridized carbons (Fsp3) is 0.714. The van der Waals surface area contributed by atoms with E-state index in [1.165, 1.54) is 25.9 Å². The Morgan fingerprint density at radius 1 is 1.30 bits per heavy atom. The predicted molar refractivity (Wildman–Crippen MR) is 85.1 cm³/mol. The monoisotopic (exact) mass is 339 g/mol. The van der Waals surface area contributed by atoms with Gasteiger partial charge in [-0.25, -0.2) is 9.97 Å². The minimum Gasteiger partial charge on any atom is -0.369 e. The van der Waals surface area contributed by atoms with Crippen molar-refractivity contribution in [1.82, 2.24) is 14.9 Å². The number of halogens is 1. The van der Waals surface area contributed by atoms with Crippen molar-refractivity contribution in [1.29, 1.82) is 0 Å². The van der Waals surface area contributed by atoms with Gasteiger partial charge in [-0.3, -0.25) is 0 Å². The summed E-state index contributed by atoms with van der Waals surface area (Å²) in [6.45, 7) is 6.73. The number of hydrogen-bond donors (Lipinski definition) is 2. The minimum atomic E-state index is 0.516. The van der Waals surface area contributed by atoms with Gasteiger partial charge in [-0.15, -0.1) is 0 Å². The summed E-state index contributed by atoms with van der Waals surface area (Å²) >= 11 is 3.63. The van der Waals surface area contributed by atoms with E-state index in [9.17, 15) is 0 Å². The molecule has 1 aromatic rings. The Balaban J connectivity index is 1.71. The zero-order valence-electron chi connectivity index (χ0n) is 11.9. The molecule has 0 amide bonds. The van der Waals surface area contributed by atoms with E-state index >= 15 is 0 Å².